The minimum atomic E-state index is -0.447. The Morgan fingerprint density at radius 1 is 1.00 bits per heavy atom. The van der Waals surface area contributed by atoms with Crippen LogP contribution >= 0.6 is 12.4 Å². The largest absolute Gasteiger partial charge is 0.324 e. The fourth-order valence-electron chi connectivity index (χ4n) is 1.68. The van der Waals surface area contributed by atoms with E-state index in [2.05, 4.69) is 0 Å². The molecule has 0 aliphatic rings. The molecular weight excluding hydrogens is 256 g/mol. The summed E-state index contributed by atoms with van der Waals surface area (Å²) < 4.78 is 26.6. The zero-order chi connectivity index (χ0) is 12.4. The monoisotopic (exact) mass is 269 g/mol. The Labute approximate surface area is 111 Å². The van der Waals surface area contributed by atoms with Gasteiger partial charge in [0.1, 0.15) is 11.6 Å². The smallest absolute Gasteiger partial charge is 0.131 e. The molecule has 2 rings (SSSR count). The van der Waals surface area contributed by atoms with Crippen molar-refractivity contribution in [2.24, 2.45) is 5.73 Å². The number of hydrogen-bond acceptors (Lipinski definition) is 1. The highest BCUT2D eigenvalue weighted by molar-refractivity contribution is 5.85. The standard InChI is InChI=1S/C14H13F2N.ClH/c1-9(17)10-2-4-11(5-3-10)13-8-12(15)6-7-14(13)16;/h2-9H,17H2,1H3;1H. The molecular formula is C14H14ClF2N. The van der Waals surface area contributed by atoms with Crippen LogP contribution in [0.1, 0.15) is 18.5 Å². The van der Waals surface area contributed by atoms with Gasteiger partial charge in [0.2, 0.25) is 0 Å². The van der Waals surface area contributed by atoms with Gasteiger partial charge in [-0.25, -0.2) is 8.78 Å². The van der Waals surface area contributed by atoms with Gasteiger partial charge in [0, 0.05) is 11.6 Å². The molecule has 4 heteroatoms. The minimum absolute atomic E-state index is 0. The Morgan fingerprint density at radius 3 is 2.17 bits per heavy atom. The molecule has 18 heavy (non-hydrogen) atoms. The molecule has 2 aromatic rings. The number of benzene rings is 2. The van der Waals surface area contributed by atoms with E-state index in [-0.39, 0.29) is 24.0 Å². The highest BCUT2D eigenvalue weighted by Crippen LogP contribution is 2.24. The zero-order valence-corrected chi connectivity index (χ0v) is 10.7. The van der Waals surface area contributed by atoms with E-state index in [0.717, 1.165) is 17.7 Å². The minimum Gasteiger partial charge on any atom is -0.324 e. The molecule has 0 aliphatic carbocycles. The predicted octanol–water partition coefficient (Wildman–Crippen LogP) is 4.07. The molecule has 2 N–H and O–H groups in total. The predicted molar refractivity (Wildman–Crippen MR) is 71.6 cm³/mol. The van der Waals surface area contributed by atoms with Crippen LogP contribution in [-0.4, -0.2) is 0 Å². The molecule has 1 unspecified atom stereocenters. The Morgan fingerprint density at radius 2 is 1.61 bits per heavy atom. The first kappa shape index (κ1) is 14.6. The molecule has 96 valence electrons. The van der Waals surface area contributed by atoms with Crippen molar-refractivity contribution in [1.29, 1.82) is 0 Å². The highest BCUT2D eigenvalue weighted by Gasteiger charge is 2.07. The summed E-state index contributed by atoms with van der Waals surface area (Å²) in [5.74, 6) is -0.877. The first-order valence-electron chi connectivity index (χ1n) is 5.39. The Balaban J connectivity index is 0.00000162. The fourth-order valence-corrected chi connectivity index (χ4v) is 1.68. The second kappa shape index (κ2) is 5.94. The molecule has 0 spiro atoms. The van der Waals surface area contributed by atoms with Crippen molar-refractivity contribution in [3.63, 3.8) is 0 Å². The average Bonchev–Trinajstić information content (AvgIpc) is 2.32. The van der Waals surface area contributed by atoms with E-state index in [4.69, 9.17) is 5.73 Å². The van der Waals surface area contributed by atoms with Crippen molar-refractivity contribution in [2.75, 3.05) is 0 Å². The lowest BCUT2D eigenvalue weighted by atomic mass is 10.0. The summed E-state index contributed by atoms with van der Waals surface area (Å²) in [6.45, 7) is 1.87. The number of halogens is 3. The average molecular weight is 270 g/mol. The second-order valence-electron chi connectivity index (χ2n) is 4.03. The number of rotatable bonds is 2. The Kier molecular flexibility index (Phi) is 4.82. The molecule has 0 heterocycles. The Hall–Kier alpha value is -1.45. The molecule has 0 radical (unpaired) electrons. The first-order chi connectivity index (χ1) is 8.08. The van der Waals surface area contributed by atoms with Crippen LogP contribution in [0.5, 0.6) is 0 Å². The molecule has 2 aromatic carbocycles. The first-order valence-corrected chi connectivity index (χ1v) is 5.39. The second-order valence-corrected chi connectivity index (χ2v) is 4.03. The number of nitrogens with two attached hydrogens (primary N) is 1. The SMILES string of the molecule is CC(N)c1ccc(-c2cc(F)ccc2F)cc1.Cl. The van der Waals surface area contributed by atoms with Gasteiger partial charge >= 0.3 is 0 Å². The van der Waals surface area contributed by atoms with Gasteiger partial charge in [0.05, 0.1) is 0 Å². The van der Waals surface area contributed by atoms with Gasteiger partial charge in [0.25, 0.3) is 0 Å². The van der Waals surface area contributed by atoms with Gasteiger partial charge in [-0.2, -0.15) is 0 Å². The normalized spacial score (nSPS) is 11.8. The molecule has 0 aromatic heterocycles. The van der Waals surface area contributed by atoms with Crippen LogP contribution in [0.2, 0.25) is 0 Å². The molecule has 0 fully saturated rings. The third kappa shape index (κ3) is 3.06. The highest BCUT2D eigenvalue weighted by atomic mass is 35.5. The van der Waals surface area contributed by atoms with Crippen LogP contribution in [0.4, 0.5) is 8.78 Å². The topological polar surface area (TPSA) is 26.0 Å². The van der Waals surface area contributed by atoms with Crippen molar-refractivity contribution in [3.8, 4) is 11.1 Å². The third-order valence-electron chi connectivity index (χ3n) is 2.68. The summed E-state index contributed by atoms with van der Waals surface area (Å²) in [7, 11) is 0. The maximum atomic E-state index is 13.5. The van der Waals surface area contributed by atoms with E-state index in [0.29, 0.717) is 5.56 Å². The Bertz CT molecular complexity index is 524. The maximum absolute atomic E-state index is 13.5. The van der Waals surface area contributed by atoms with Crippen molar-refractivity contribution in [2.45, 2.75) is 13.0 Å². The van der Waals surface area contributed by atoms with Crippen molar-refractivity contribution < 1.29 is 8.78 Å². The summed E-state index contributed by atoms with van der Waals surface area (Å²) in [4.78, 5) is 0. The van der Waals surface area contributed by atoms with E-state index in [9.17, 15) is 8.78 Å². The van der Waals surface area contributed by atoms with Gasteiger partial charge in [-0.05, 0) is 36.2 Å². The summed E-state index contributed by atoms with van der Waals surface area (Å²) in [6, 6.07) is 10.5. The molecule has 1 nitrogen and oxygen atoms in total. The van der Waals surface area contributed by atoms with Crippen LogP contribution in [0.3, 0.4) is 0 Å². The lowest BCUT2D eigenvalue weighted by Gasteiger charge is -2.08. The third-order valence-corrected chi connectivity index (χ3v) is 2.68. The lowest BCUT2D eigenvalue weighted by Crippen LogP contribution is -2.04. The molecule has 0 amide bonds. The number of hydrogen-bond donors (Lipinski definition) is 1. The molecule has 0 saturated heterocycles. The maximum Gasteiger partial charge on any atom is 0.131 e. The summed E-state index contributed by atoms with van der Waals surface area (Å²) in [5.41, 5.74) is 7.60. The summed E-state index contributed by atoms with van der Waals surface area (Å²) >= 11 is 0. The van der Waals surface area contributed by atoms with Gasteiger partial charge < -0.3 is 5.73 Å². The van der Waals surface area contributed by atoms with Crippen LogP contribution in [0, 0.1) is 11.6 Å². The van der Waals surface area contributed by atoms with Crippen LogP contribution in [-0.2, 0) is 0 Å². The van der Waals surface area contributed by atoms with E-state index >= 15 is 0 Å². The van der Waals surface area contributed by atoms with Crippen LogP contribution < -0.4 is 5.73 Å². The van der Waals surface area contributed by atoms with Gasteiger partial charge in [-0.1, -0.05) is 24.3 Å². The molecule has 0 bridgehead atoms. The van der Waals surface area contributed by atoms with E-state index in [1.165, 1.54) is 6.07 Å². The molecule has 0 aliphatic heterocycles. The summed E-state index contributed by atoms with van der Waals surface area (Å²) in [5, 5.41) is 0. The van der Waals surface area contributed by atoms with Gasteiger partial charge in [-0.15, -0.1) is 12.4 Å². The van der Waals surface area contributed by atoms with E-state index in [1.54, 1.807) is 12.1 Å². The van der Waals surface area contributed by atoms with Gasteiger partial charge in [0.15, 0.2) is 0 Å². The van der Waals surface area contributed by atoms with Crippen LogP contribution in [0.25, 0.3) is 11.1 Å². The van der Waals surface area contributed by atoms with Gasteiger partial charge in [-0.3, -0.25) is 0 Å². The van der Waals surface area contributed by atoms with Crippen molar-refractivity contribution in [1.82, 2.24) is 0 Å². The van der Waals surface area contributed by atoms with Crippen molar-refractivity contribution in [3.05, 3.63) is 59.7 Å². The summed E-state index contributed by atoms with van der Waals surface area (Å²) in [6.07, 6.45) is 0. The van der Waals surface area contributed by atoms with Crippen LogP contribution in [0.15, 0.2) is 42.5 Å². The zero-order valence-electron chi connectivity index (χ0n) is 9.86. The lowest BCUT2D eigenvalue weighted by molar-refractivity contribution is 0.603. The quantitative estimate of drug-likeness (QED) is 0.874. The van der Waals surface area contributed by atoms with Crippen molar-refractivity contribution >= 4 is 12.4 Å². The molecule has 1 atom stereocenters. The fraction of sp³-hybridized carbons (Fsp3) is 0.143. The van der Waals surface area contributed by atoms with E-state index < -0.39 is 11.6 Å². The van der Waals surface area contributed by atoms with E-state index in [1.807, 2.05) is 19.1 Å². The molecule has 0 saturated carbocycles.